The van der Waals surface area contributed by atoms with E-state index >= 15 is 0 Å². The molecule has 0 spiro atoms. The molecule has 1 heterocycles. The molecule has 0 aromatic heterocycles. The number of nitrogens with zero attached hydrogens (tertiary/aromatic N) is 1. The molecule has 1 aromatic carbocycles. The summed E-state index contributed by atoms with van der Waals surface area (Å²) in [5.74, 6) is -3.35. The van der Waals surface area contributed by atoms with E-state index in [2.05, 4.69) is 0 Å². The van der Waals surface area contributed by atoms with Crippen LogP contribution in [0, 0.1) is 16.0 Å². The molecule has 1 fully saturated rings. The average Bonchev–Trinajstić information content (AvgIpc) is 2.70. The molecule has 2 unspecified atom stereocenters. The van der Waals surface area contributed by atoms with Crippen LogP contribution in [0.3, 0.4) is 0 Å². The average molecular weight is 484 g/mol. The Hall–Kier alpha value is -2.07. The van der Waals surface area contributed by atoms with Gasteiger partial charge in [-0.25, -0.2) is 4.79 Å². The molecular weight excluding hydrogens is 454 g/mol. The second-order valence-electron chi connectivity index (χ2n) is 8.35. The van der Waals surface area contributed by atoms with Crippen LogP contribution in [0.4, 0.5) is 5.69 Å². The van der Waals surface area contributed by atoms with Crippen molar-refractivity contribution in [3.63, 3.8) is 0 Å². The van der Waals surface area contributed by atoms with E-state index in [0.29, 0.717) is 11.5 Å². The fourth-order valence-electron chi connectivity index (χ4n) is 3.63. The predicted octanol–water partition coefficient (Wildman–Crippen LogP) is 4.35. The number of esters is 2. The lowest BCUT2D eigenvalue weighted by Gasteiger charge is -2.42. The highest BCUT2D eigenvalue weighted by Crippen LogP contribution is 2.56. The summed E-state index contributed by atoms with van der Waals surface area (Å²) in [5.41, 5.74) is -1.01. The number of hydrogen-bond acceptors (Lipinski definition) is 9. The third-order valence-corrected chi connectivity index (χ3v) is 8.18. The highest BCUT2D eigenvalue weighted by Gasteiger charge is 2.57. The van der Waals surface area contributed by atoms with Crippen LogP contribution >= 0.6 is 23.5 Å². The van der Waals surface area contributed by atoms with Crippen LogP contribution in [-0.2, 0) is 23.9 Å². The molecule has 176 valence electrons. The lowest BCUT2D eigenvalue weighted by Crippen LogP contribution is -2.49. The van der Waals surface area contributed by atoms with Crippen LogP contribution in [-0.4, -0.2) is 50.4 Å². The predicted molar refractivity (Wildman–Crippen MR) is 125 cm³/mol. The first-order valence-corrected chi connectivity index (χ1v) is 12.3. The third-order valence-electron chi connectivity index (χ3n) is 4.79. The molecule has 0 radical (unpaired) electrons. The normalized spacial score (nSPS) is 17.7. The first kappa shape index (κ1) is 26.2. The lowest BCUT2D eigenvalue weighted by molar-refractivity contribution is -0.385. The van der Waals surface area contributed by atoms with Gasteiger partial charge in [-0.2, -0.15) is 0 Å². The van der Waals surface area contributed by atoms with Crippen molar-refractivity contribution in [2.75, 3.05) is 18.1 Å². The summed E-state index contributed by atoms with van der Waals surface area (Å²) in [4.78, 5) is 50.8. The van der Waals surface area contributed by atoms with E-state index in [1.807, 2.05) is 0 Å². The van der Waals surface area contributed by atoms with E-state index < -0.39 is 44.2 Å². The van der Waals surface area contributed by atoms with Crippen LogP contribution in [0.25, 0.3) is 0 Å². The van der Waals surface area contributed by atoms with Crippen LogP contribution in [0.15, 0.2) is 24.3 Å². The molecule has 8 nitrogen and oxygen atoms in total. The standard InChI is InChI=1S/C22H29NO7S2/c1-6-29-20(26)22(31-12-9-13-32-22)18(15-10-7-8-11-16(15)23(27)28)17(14(2)24)19(25)30-21(3,4)5/h7-8,10-11,17-18H,6,9,12-13H2,1-5H3. The molecule has 0 N–H and O–H groups in total. The summed E-state index contributed by atoms with van der Waals surface area (Å²) in [6.07, 6.45) is 0.817. The van der Waals surface area contributed by atoms with E-state index in [1.165, 1.54) is 48.6 Å². The summed E-state index contributed by atoms with van der Waals surface area (Å²) < 4.78 is 9.51. The molecular formula is C22H29NO7S2. The molecule has 0 saturated carbocycles. The summed E-state index contributed by atoms with van der Waals surface area (Å²) in [5, 5.41) is 11.9. The molecule has 0 amide bonds. The number of benzene rings is 1. The summed E-state index contributed by atoms with van der Waals surface area (Å²) in [6.45, 7) is 8.03. The number of carbonyl (C=O) groups is 3. The van der Waals surface area contributed by atoms with Gasteiger partial charge in [-0.15, -0.1) is 23.5 Å². The lowest BCUT2D eigenvalue weighted by atomic mass is 9.79. The summed E-state index contributed by atoms with van der Waals surface area (Å²) >= 11 is 2.54. The Morgan fingerprint density at radius 1 is 1.19 bits per heavy atom. The minimum Gasteiger partial charge on any atom is -0.464 e. The van der Waals surface area contributed by atoms with Gasteiger partial charge in [-0.05, 0) is 52.5 Å². The zero-order valence-corrected chi connectivity index (χ0v) is 20.5. The minimum absolute atomic E-state index is 0.0997. The summed E-state index contributed by atoms with van der Waals surface area (Å²) in [7, 11) is 0. The van der Waals surface area contributed by atoms with Gasteiger partial charge >= 0.3 is 11.9 Å². The number of Topliss-reactive ketones (excluding diaryl/α,β-unsaturated/α-hetero) is 1. The van der Waals surface area contributed by atoms with Crippen molar-refractivity contribution in [1.29, 1.82) is 0 Å². The number of hydrogen-bond donors (Lipinski definition) is 0. The van der Waals surface area contributed by atoms with Gasteiger partial charge in [-0.3, -0.25) is 19.7 Å². The molecule has 1 aliphatic heterocycles. The Morgan fingerprint density at radius 2 is 1.78 bits per heavy atom. The number of nitro benzene ring substituents is 1. The monoisotopic (exact) mass is 483 g/mol. The number of ether oxygens (including phenoxy) is 2. The highest BCUT2D eigenvalue weighted by molar-refractivity contribution is 8.20. The van der Waals surface area contributed by atoms with Crippen LogP contribution < -0.4 is 0 Å². The van der Waals surface area contributed by atoms with Gasteiger partial charge in [0.05, 0.1) is 11.5 Å². The van der Waals surface area contributed by atoms with Gasteiger partial charge < -0.3 is 9.47 Å². The van der Waals surface area contributed by atoms with Crippen molar-refractivity contribution in [1.82, 2.24) is 0 Å². The van der Waals surface area contributed by atoms with E-state index in [0.717, 1.165) is 6.42 Å². The zero-order valence-electron chi connectivity index (χ0n) is 18.9. The molecule has 0 bridgehead atoms. The van der Waals surface area contributed by atoms with Crippen molar-refractivity contribution >= 4 is 46.9 Å². The van der Waals surface area contributed by atoms with Gasteiger partial charge in [0, 0.05) is 17.5 Å². The Labute approximate surface area is 196 Å². The second-order valence-corrected chi connectivity index (χ2v) is 11.3. The third kappa shape index (κ3) is 5.83. The molecule has 1 saturated heterocycles. The quantitative estimate of drug-likeness (QED) is 0.230. The molecule has 32 heavy (non-hydrogen) atoms. The van der Waals surface area contributed by atoms with Crippen molar-refractivity contribution in [2.24, 2.45) is 5.92 Å². The van der Waals surface area contributed by atoms with E-state index in [-0.39, 0.29) is 17.9 Å². The van der Waals surface area contributed by atoms with Crippen molar-refractivity contribution in [2.45, 2.75) is 56.6 Å². The number of para-hydroxylation sites is 1. The molecule has 0 aliphatic carbocycles. The van der Waals surface area contributed by atoms with Crippen LogP contribution in [0.1, 0.15) is 52.5 Å². The molecule has 1 aromatic rings. The smallest absolute Gasteiger partial charge is 0.333 e. The minimum atomic E-state index is -1.42. The van der Waals surface area contributed by atoms with E-state index in [1.54, 1.807) is 33.8 Å². The van der Waals surface area contributed by atoms with Gasteiger partial charge in [0.25, 0.3) is 5.69 Å². The Morgan fingerprint density at radius 3 is 2.28 bits per heavy atom. The SMILES string of the molecule is CCOC(=O)C1(C(c2ccccc2[N+](=O)[O-])C(C(C)=O)C(=O)OC(C)(C)C)SCCCS1. The number of rotatable bonds is 8. The fourth-order valence-corrected chi connectivity index (χ4v) is 7.07. The van der Waals surface area contributed by atoms with Crippen LogP contribution in [0.2, 0.25) is 0 Å². The van der Waals surface area contributed by atoms with Gasteiger partial charge in [-0.1, -0.05) is 18.2 Å². The molecule has 1 aliphatic rings. The number of nitro groups is 1. The maximum atomic E-state index is 13.4. The van der Waals surface area contributed by atoms with Gasteiger partial charge in [0.1, 0.15) is 17.3 Å². The Kier molecular flexibility index (Phi) is 8.75. The zero-order chi connectivity index (χ0) is 24.1. The first-order valence-electron chi connectivity index (χ1n) is 10.4. The van der Waals surface area contributed by atoms with Crippen LogP contribution in [0.5, 0.6) is 0 Å². The molecule has 2 rings (SSSR count). The number of carbonyl (C=O) groups excluding carboxylic acids is 3. The topological polar surface area (TPSA) is 113 Å². The summed E-state index contributed by atoms with van der Waals surface area (Å²) in [6, 6.07) is 5.91. The second kappa shape index (κ2) is 10.7. The number of thioether (sulfide) groups is 2. The largest absolute Gasteiger partial charge is 0.464 e. The van der Waals surface area contributed by atoms with Gasteiger partial charge in [0.2, 0.25) is 0 Å². The van der Waals surface area contributed by atoms with Crippen molar-refractivity contribution in [3.05, 3.63) is 39.9 Å². The highest BCUT2D eigenvalue weighted by atomic mass is 32.2. The fraction of sp³-hybridized carbons (Fsp3) is 0.591. The molecule has 10 heteroatoms. The maximum Gasteiger partial charge on any atom is 0.333 e. The Bertz CT molecular complexity index is 875. The first-order chi connectivity index (χ1) is 14.9. The van der Waals surface area contributed by atoms with E-state index in [9.17, 15) is 24.5 Å². The van der Waals surface area contributed by atoms with Gasteiger partial charge in [0.15, 0.2) is 4.08 Å². The maximum absolute atomic E-state index is 13.4. The Balaban J connectivity index is 2.81. The van der Waals surface area contributed by atoms with Crippen molar-refractivity contribution in [3.8, 4) is 0 Å². The van der Waals surface area contributed by atoms with Crippen molar-refractivity contribution < 1.29 is 28.8 Å². The number of ketones is 1. The molecule has 2 atom stereocenters. The van der Waals surface area contributed by atoms with E-state index in [4.69, 9.17) is 9.47 Å².